The number of benzene rings is 2. The van der Waals surface area contributed by atoms with Gasteiger partial charge in [0, 0.05) is 6.92 Å². The maximum absolute atomic E-state index is 12.5. The highest BCUT2D eigenvalue weighted by molar-refractivity contribution is 5.98. The number of carbonyl (C=O) groups excluding carboxylic acids is 2. The maximum Gasteiger partial charge on any atom is 0.416 e. The number of hydrogen-bond acceptors (Lipinski definition) is 5. The molecule has 2 aromatic carbocycles. The van der Waals surface area contributed by atoms with E-state index in [1.165, 1.54) is 19.1 Å². The highest BCUT2D eigenvalue weighted by atomic mass is 19.4. The molecular weight excluding hydrogens is 403 g/mol. The minimum absolute atomic E-state index is 0.0279. The van der Waals surface area contributed by atoms with Gasteiger partial charge in [-0.1, -0.05) is 17.3 Å². The van der Waals surface area contributed by atoms with Gasteiger partial charge in [0.05, 0.1) is 11.3 Å². The van der Waals surface area contributed by atoms with Gasteiger partial charge in [-0.2, -0.15) is 13.2 Å². The van der Waals surface area contributed by atoms with Gasteiger partial charge in [0.15, 0.2) is 6.61 Å². The summed E-state index contributed by atoms with van der Waals surface area (Å²) in [4.78, 5) is 27.4. The van der Waals surface area contributed by atoms with Gasteiger partial charge < -0.3 is 9.57 Å². The minimum atomic E-state index is -4.38. The molecule has 0 heterocycles. The topological polar surface area (TPSA) is 89.0 Å². The molecule has 0 radical (unpaired) electrons. The summed E-state index contributed by atoms with van der Waals surface area (Å²) < 4.78 is 42.9. The zero-order valence-corrected chi connectivity index (χ0v) is 16.2. The molecule has 0 saturated heterocycles. The molecule has 0 aliphatic heterocycles. The normalized spacial score (nSPS) is 11.6. The molecule has 2 amide bonds. The molecule has 0 fully saturated rings. The Morgan fingerprint density at radius 1 is 0.967 bits per heavy atom. The number of carbonyl (C=O) groups is 2. The molecule has 10 heteroatoms. The molecule has 0 spiro atoms. The van der Waals surface area contributed by atoms with Crippen molar-refractivity contribution in [2.45, 2.75) is 26.6 Å². The SMILES string of the molecule is CC(=O)NNC(=O)COc1ccc(C(C)=NOCc2ccc(C(F)(F)F)cc2)cc1. The number of amides is 2. The predicted molar refractivity (Wildman–Crippen MR) is 102 cm³/mol. The first-order chi connectivity index (χ1) is 14.1. The van der Waals surface area contributed by atoms with E-state index in [-0.39, 0.29) is 13.2 Å². The summed E-state index contributed by atoms with van der Waals surface area (Å²) in [7, 11) is 0. The lowest BCUT2D eigenvalue weighted by atomic mass is 10.1. The smallest absolute Gasteiger partial charge is 0.416 e. The molecule has 0 aliphatic rings. The van der Waals surface area contributed by atoms with Crippen LogP contribution in [0.3, 0.4) is 0 Å². The fourth-order valence-electron chi connectivity index (χ4n) is 2.18. The number of alkyl halides is 3. The molecule has 7 nitrogen and oxygen atoms in total. The van der Waals surface area contributed by atoms with Gasteiger partial charge in [-0.3, -0.25) is 20.4 Å². The number of ether oxygens (including phenoxy) is 1. The number of hydrazine groups is 1. The van der Waals surface area contributed by atoms with E-state index in [1.54, 1.807) is 31.2 Å². The van der Waals surface area contributed by atoms with Crippen molar-refractivity contribution in [1.82, 2.24) is 10.9 Å². The van der Waals surface area contributed by atoms with Crippen molar-refractivity contribution in [3.05, 3.63) is 65.2 Å². The van der Waals surface area contributed by atoms with Crippen LogP contribution < -0.4 is 15.6 Å². The van der Waals surface area contributed by atoms with Crippen molar-refractivity contribution in [2.24, 2.45) is 5.16 Å². The molecule has 0 saturated carbocycles. The van der Waals surface area contributed by atoms with Gasteiger partial charge in [-0.25, -0.2) is 0 Å². The van der Waals surface area contributed by atoms with Gasteiger partial charge in [0.1, 0.15) is 12.4 Å². The summed E-state index contributed by atoms with van der Waals surface area (Å²) in [5, 5.41) is 3.95. The van der Waals surface area contributed by atoms with Crippen LogP contribution in [0.1, 0.15) is 30.5 Å². The highest BCUT2D eigenvalue weighted by Gasteiger charge is 2.29. The number of hydrogen-bond donors (Lipinski definition) is 2. The summed E-state index contributed by atoms with van der Waals surface area (Å²) in [6.45, 7) is 2.73. The summed E-state index contributed by atoms with van der Waals surface area (Å²) in [5.41, 5.74) is 5.44. The largest absolute Gasteiger partial charge is 0.484 e. The number of nitrogens with zero attached hydrogens (tertiary/aromatic N) is 1. The van der Waals surface area contributed by atoms with Gasteiger partial charge >= 0.3 is 6.18 Å². The van der Waals surface area contributed by atoms with Crippen LogP contribution in [0, 0.1) is 0 Å². The van der Waals surface area contributed by atoms with Crippen LogP contribution in [-0.4, -0.2) is 24.1 Å². The number of nitrogens with one attached hydrogen (secondary N) is 2. The Bertz CT molecular complexity index is 895. The molecule has 0 unspecified atom stereocenters. The van der Waals surface area contributed by atoms with E-state index in [0.717, 1.165) is 17.7 Å². The van der Waals surface area contributed by atoms with Crippen LogP contribution >= 0.6 is 0 Å². The first-order valence-electron chi connectivity index (χ1n) is 8.76. The lowest BCUT2D eigenvalue weighted by Gasteiger charge is -2.08. The van der Waals surface area contributed by atoms with E-state index in [2.05, 4.69) is 16.0 Å². The Labute approximate surface area is 170 Å². The average Bonchev–Trinajstić information content (AvgIpc) is 2.70. The Morgan fingerprint density at radius 3 is 2.17 bits per heavy atom. The van der Waals surface area contributed by atoms with Crippen LogP contribution in [0.2, 0.25) is 0 Å². The lowest BCUT2D eigenvalue weighted by molar-refractivity contribution is -0.137. The van der Waals surface area contributed by atoms with E-state index < -0.39 is 23.6 Å². The second-order valence-electron chi connectivity index (χ2n) is 6.19. The zero-order valence-electron chi connectivity index (χ0n) is 16.2. The third-order valence-corrected chi connectivity index (χ3v) is 3.73. The molecular formula is C20H20F3N3O4. The maximum atomic E-state index is 12.5. The molecule has 2 N–H and O–H groups in total. The Morgan fingerprint density at radius 2 is 1.60 bits per heavy atom. The lowest BCUT2D eigenvalue weighted by Crippen LogP contribution is -2.42. The molecule has 160 valence electrons. The monoisotopic (exact) mass is 423 g/mol. The third kappa shape index (κ3) is 7.46. The molecule has 0 bridgehead atoms. The first-order valence-corrected chi connectivity index (χ1v) is 8.76. The fourth-order valence-corrected chi connectivity index (χ4v) is 2.18. The van der Waals surface area contributed by atoms with Crippen molar-refractivity contribution in [2.75, 3.05) is 6.61 Å². The number of rotatable bonds is 7. The van der Waals surface area contributed by atoms with Crippen LogP contribution in [-0.2, 0) is 27.2 Å². The van der Waals surface area contributed by atoms with Crippen LogP contribution in [0.4, 0.5) is 13.2 Å². The quantitative estimate of drug-likeness (QED) is 0.529. The molecule has 2 aromatic rings. The van der Waals surface area contributed by atoms with Crippen molar-refractivity contribution in [1.29, 1.82) is 0 Å². The van der Waals surface area contributed by atoms with Crippen LogP contribution in [0.25, 0.3) is 0 Å². The van der Waals surface area contributed by atoms with Gasteiger partial charge in [-0.05, 0) is 54.4 Å². The summed E-state index contributed by atoms with van der Waals surface area (Å²) in [5.74, 6) is -0.470. The standard InChI is InChI=1S/C20H20F3N3O4/c1-13(26-30-11-15-3-7-17(8-4-15)20(21,22)23)16-5-9-18(10-6-16)29-12-19(28)25-24-14(2)27/h3-10H,11-12H2,1-2H3,(H,24,27)(H,25,28). The third-order valence-electron chi connectivity index (χ3n) is 3.73. The van der Waals surface area contributed by atoms with Gasteiger partial charge in [-0.15, -0.1) is 0 Å². The van der Waals surface area contributed by atoms with Gasteiger partial charge in [0.2, 0.25) is 5.91 Å². The van der Waals surface area contributed by atoms with E-state index >= 15 is 0 Å². The van der Waals surface area contributed by atoms with E-state index in [1.807, 2.05) is 0 Å². The summed E-state index contributed by atoms with van der Waals surface area (Å²) in [6.07, 6.45) is -4.38. The average molecular weight is 423 g/mol. The second kappa shape index (κ2) is 10.3. The van der Waals surface area contributed by atoms with Crippen molar-refractivity contribution in [3.63, 3.8) is 0 Å². The predicted octanol–water partition coefficient (Wildman–Crippen LogP) is 3.19. The van der Waals surface area contributed by atoms with Crippen molar-refractivity contribution in [3.8, 4) is 5.75 Å². The molecule has 0 aromatic heterocycles. The van der Waals surface area contributed by atoms with E-state index in [0.29, 0.717) is 17.0 Å². The molecule has 0 atom stereocenters. The van der Waals surface area contributed by atoms with E-state index in [9.17, 15) is 22.8 Å². The zero-order chi connectivity index (χ0) is 22.1. The Balaban J connectivity index is 1.83. The first kappa shape index (κ1) is 22.7. The molecule has 2 rings (SSSR count). The van der Waals surface area contributed by atoms with Crippen molar-refractivity contribution >= 4 is 17.5 Å². The molecule has 0 aliphatic carbocycles. The van der Waals surface area contributed by atoms with Crippen molar-refractivity contribution < 1.29 is 32.3 Å². The fraction of sp³-hybridized carbons (Fsp3) is 0.250. The Hall–Kier alpha value is -3.56. The minimum Gasteiger partial charge on any atom is -0.484 e. The van der Waals surface area contributed by atoms with E-state index in [4.69, 9.17) is 9.57 Å². The summed E-state index contributed by atoms with van der Waals surface area (Å²) >= 11 is 0. The molecule has 30 heavy (non-hydrogen) atoms. The second-order valence-corrected chi connectivity index (χ2v) is 6.19. The Kier molecular flexibility index (Phi) is 7.79. The van der Waals surface area contributed by atoms with Crippen LogP contribution in [0.5, 0.6) is 5.75 Å². The number of oxime groups is 1. The number of halogens is 3. The van der Waals surface area contributed by atoms with Gasteiger partial charge in [0.25, 0.3) is 5.91 Å². The van der Waals surface area contributed by atoms with Crippen LogP contribution in [0.15, 0.2) is 53.7 Å². The summed E-state index contributed by atoms with van der Waals surface area (Å²) in [6, 6.07) is 11.3. The highest BCUT2D eigenvalue weighted by Crippen LogP contribution is 2.29.